The minimum absolute atomic E-state index is 0.601. The molecule has 430 valence electrons. The zero-order chi connectivity index (χ0) is 60.6. The van der Waals surface area contributed by atoms with Gasteiger partial charge < -0.3 is 9.13 Å². The summed E-state index contributed by atoms with van der Waals surface area (Å²) in [5, 5.41) is 12.0. The van der Waals surface area contributed by atoms with Gasteiger partial charge in [0.25, 0.3) is 0 Å². The largest absolute Gasteiger partial charge is 0.309 e. The van der Waals surface area contributed by atoms with Crippen molar-refractivity contribution in [2.24, 2.45) is 0 Å². The van der Waals surface area contributed by atoms with Crippen molar-refractivity contribution in [3.63, 3.8) is 0 Å². The number of imidazole rings is 2. The maximum Gasteiger partial charge on any atom is 0.147 e. The molecule has 0 N–H and O–H groups in total. The number of para-hydroxylation sites is 8. The molecule has 20 aromatic rings. The average molecular weight is 1190 g/mol. The third kappa shape index (κ3) is 5.34. The van der Waals surface area contributed by atoms with E-state index >= 15 is 0 Å². The lowest BCUT2D eigenvalue weighted by molar-refractivity contribution is 0.749. The van der Waals surface area contributed by atoms with E-state index in [2.05, 4.69) is 309 Å². The molecule has 6 aromatic heterocycles. The summed E-state index contributed by atoms with van der Waals surface area (Å²) in [4.78, 5) is 11.4. The van der Waals surface area contributed by atoms with E-state index in [4.69, 9.17) is 9.97 Å². The third-order valence-corrected chi connectivity index (χ3v) is 22.6. The highest BCUT2D eigenvalue weighted by molar-refractivity contribution is 6.34. The van der Waals surface area contributed by atoms with Crippen LogP contribution in [0.15, 0.2) is 291 Å². The first-order valence-corrected chi connectivity index (χ1v) is 32.7. The SMILES string of the molecule is c1ccc2c(c1)-c1ccccc1C21c2ccccc2-n2c3ccccc3c3c4c5ccc(-c6ccc7c8c9c(cc%10c8n(c7c6)-c6ccccc6C%106c7ccccc7-c7ccccc76)c6ccccc6n6c7ccccc7nc96)cc5n5c6ccccc6nc5c4cc1c32. The minimum atomic E-state index is -0.621. The number of rotatable bonds is 1. The number of pyridine rings is 2. The molecule has 2 aliphatic heterocycles. The molecule has 0 bridgehead atoms. The predicted molar refractivity (Wildman–Crippen MR) is 385 cm³/mol. The van der Waals surface area contributed by atoms with Crippen LogP contribution in [0, 0.1) is 0 Å². The average Bonchev–Trinajstić information content (AvgIpc) is 1.46. The summed E-state index contributed by atoms with van der Waals surface area (Å²) in [6, 6.07) is 110. The van der Waals surface area contributed by atoms with E-state index < -0.39 is 10.8 Å². The van der Waals surface area contributed by atoms with Crippen LogP contribution in [0.25, 0.3) is 165 Å². The molecular formula is C88H48N6. The zero-order valence-corrected chi connectivity index (χ0v) is 50.4. The van der Waals surface area contributed by atoms with Gasteiger partial charge in [0.2, 0.25) is 0 Å². The second-order valence-corrected chi connectivity index (χ2v) is 26.5. The fraction of sp³-hybridized carbons (Fsp3) is 0.0227. The summed E-state index contributed by atoms with van der Waals surface area (Å²) >= 11 is 0. The number of hydrogen-bond acceptors (Lipinski definition) is 2. The van der Waals surface area contributed by atoms with Gasteiger partial charge in [0, 0.05) is 48.5 Å². The number of aromatic nitrogens is 6. The van der Waals surface area contributed by atoms with Crippen molar-refractivity contribution < 1.29 is 0 Å². The van der Waals surface area contributed by atoms with Crippen LogP contribution in [0.3, 0.4) is 0 Å². The molecule has 4 aliphatic rings. The molecule has 14 aromatic carbocycles. The molecule has 2 aliphatic carbocycles. The molecule has 6 heteroatoms. The fourth-order valence-electron chi connectivity index (χ4n) is 19.3. The summed E-state index contributed by atoms with van der Waals surface area (Å²) in [5.41, 5.74) is 32.1. The van der Waals surface area contributed by atoms with E-state index in [1.807, 2.05) is 0 Å². The number of fused-ring (bicyclic) bond motifs is 42. The Labute approximate surface area is 536 Å². The zero-order valence-electron chi connectivity index (χ0n) is 50.4. The van der Waals surface area contributed by atoms with E-state index in [0.29, 0.717) is 0 Å². The number of benzene rings is 14. The Morgan fingerprint density at radius 3 is 1.20 bits per heavy atom. The van der Waals surface area contributed by atoms with Gasteiger partial charge in [-0.05, 0) is 156 Å². The molecule has 24 rings (SSSR count). The van der Waals surface area contributed by atoms with Gasteiger partial charge >= 0.3 is 0 Å². The van der Waals surface area contributed by atoms with Gasteiger partial charge in [-0.25, -0.2) is 9.97 Å². The minimum Gasteiger partial charge on any atom is -0.309 e. The third-order valence-electron chi connectivity index (χ3n) is 22.6. The van der Waals surface area contributed by atoms with Crippen molar-refractivity contribution in [3.8, 4) is 44.8 Å². The Morgan fingerprint density at radius 1 is 0.234 bits per heavy atom. The van der Waals surface area contributed by atoms with Gasteiger partial charge in [-0.2, -0.15) is 0 Å². The molecule has 0 radical (unpaired) electrons. The lowest BCUT2D eigenvalue weighted by Crippen LogP contribution is -2.33. The molecular weight excluding hydrogens is 1140 g/mol. The van der Waals surface area contributed by atoms with Crippen molar-refractivity contribution in [1.29, 1.82) is 0 Å². The van der Waals surface area contributed by atoms with Gasteiger partial charge in [-0.3, -0.25) is 8.80 Å². The smallest absolute Gasteiger partial charge is 0.147 e. The monoisotopic (exact) mass is 1190 g/mol. The van der Waals surface area contributed by atoms with E-state index in [1.54, 1.807) is 0 Å². The van der Waals surface area contributed by atoms with Crippen LogP contribution in [0.2, 0.25) is 0 Å². The first-order valence-electron chi connectivity index (χ1n) is 32.7. The van der Waals surface area contributed by atoms with Gasteiger partial charge in [-0.1, -0.05) is 218 Å². The second kappa shape index (κ2) is 16.6. The van der Waals surface area contributed by atoms with Crippen molar-refractivity contribution in [2.45, 2.75) is 10.8 Å². The van der Waals surface area contributed by atoms with Gasteiger partial charge in [0.1, 0.15) is 11.3 Å². The van der Waals surface area contributed by atoms with Crippen molar-refractivity contribution in [2.75, 3.05) is 0 Å². The van der Waals surface area contributed by atoms with Gasteiger partial charge in [0.15, 0.2) is 0 Å². The first kappa shape index (κ1) is 48.5. The highest BCUT2D eigenvalue weighted by Crippen LogP contribution is 2.65. The number of nitrogens with zero attached hydrogens (tertiary/aromatic N) is 6. The lowest BCUT2D eigenvalue weighted by Gasteiger charge is -2.40. The Kier molecular flexibility index (Phi) is 8.54. The summed E-state index contributed by atoms with van der Waals surface area (Å²) in [6.45, 7) is 0. The van der Waals surface area contributed by atoms with Crippen LogP contribution in [-0.4, -0.2) is 27.9 Å². The molecule has 94 heavy (non-hydrogen) atoms. The normalized spacial score (nSPS) is 14.3. The van der Waals surface area contributed by atoms with Gasteiger partial charge in [-0.15, -0.1) is 0 Å². The molecule has 0 amide bonds. The molecule has 0 saturated heterocycles. The first-order chi connectivity index (χ1) is 46.7. The maximum absolute atomic E-state index is 5.74. The standard InChI is InChI=1S/C88H48N6/c1-7-27-61-51(21-1)52-22-2-8-28-62(52)87(61)66-32-12-18-38-74(66)92-77-45-49(42-44-58(77)81-82-59(47-67(87)84(81)92)55-25-5-15-35-71(55)93-75-39-19-14-34-70(75)90-86(82)93)50-41-43-57-78(46-50)94-76-40-20-13-33-69(76)89-85(94)60-48-68-83-80(79(57)60)56-26-6-16-36-72(56)91(83)73-37-17-11-31-65(73)88(68)63-29-9-3-23-53(63)54-24-4-10-30-64(54)88/h1-48H. The van der Waals surface area contributed by atoms with E-state index in [0.717, 1.165) is 71.8 Å². The van der Waals surface area contributed by atoms with Crippen LogP contribution in [0.5, 0.6) is 0 Å². The van der Waals surface area contributed by atoms with E-state index in [-0.39, 0.29) is 0 Å². The maximum atomic E-state index is 5.74. The molecule has 0 unspecified atom stereocenters. The van der Waals surface area contributed by atoms with Crippen LogP contribution >= 0.6 is 0 Å². The Morgan fingerprint density at radius 2 is 0.628 bits per heavy atom. The molecule has 6 nitrogen and oxygen atoms in total. The van der Waals surface area contributed by atoms with Crippen molar-refractivity contribution in [1.82, 2.24) is 27.9 Å². The van der Waals surface area contributed by atoms with Gasteiger partial charge in [0.05, 0.1) is 77.4 Å². The van der Waals surface area contributed by atoms with Crippen LogP contribution < -0.4 is 0 Å². The van der Waals surface area contributed by atoms with Crippen LogP contribution in [-0.2, 0) is 10.8 Å². The Bertz CT molecular complexity index is 6910. The highest BCUT2D eigenvalue weighted by atomic mass is 15.0. The van der Waals surface area contributed by atoms with E-state index in [9.17, 15) is 0 Å². The molecule has 0 fully saturated rings. The summed E-state index contributed by atoms with van der Waals surface area (Å²) in [7, 11) is 0. The topological polar surface area (TPSA) is 44.5 Å². The molecule has 2 spiro atoms. The highest BCUT2D eigenvalue weighted by Gasteiger charge is 2.53. The summed E-state index contributed by atoms with van der Waals surface area (Å²) in [6.07, 6.45) is 0. The Hall–Kier alpha value is -12.4. The van der Waals surface area contributed by atoms with Crippen LogP contribution in [0.1, 0.15) is 44.5 Å². The fourth-order valence-corrected chi connectivity index (χ4v) is 19.3. The summed E-state index contributed by atoms with van der Waals surface area (Å²) in [5.74, 6) is 0. The van der Waals surface area contributed by atoms with Crippen LogP contribution in [0.4, 0.5) is 0 Å². The van der Waals surface area contributed by atoms with Crippen molar-refractivity contribution in [3.05, 3.63) is 336 Å². The molecule has 8 heterocycles. The Balaban J connectivity index is 0.840. The number of hydrogen-bond donors (Lipinski definition) is 0. The van der Waals surface area contributed by atoms with Crippen molar-refractivity contribution >= 4 is 120 Å². The lowest BCUT2D eigenvalue weighted by atomic mass is 9.65. The van der Waals surface area contributed by atoms with E-state index in [1.165, 1.54) is 138 Å². The quantitative estimate of drug-likeness (QED) is 0.154. The summed E-state index contributed by atoms with van der Waals surface area (Å²) < 4.78 is 10.1. The predicted octanol–water partition coefficient (Wildman–Crippen LogP) is 21.1. The molecule has 0 atom stereocenters. The molecule has 0 saturated carbocycles. The second-order valence-electron chi connectivity index (χ2n) is 26.5.